The smallest absolute Gasteiger partial charge is 1.00 e. The van der Waals surface area contributed by atoms with Gasteiger partial charge < -0.3 is 29.6 Å². The maximum absolute atomic E-state index is 5.29. The van der Waals surface area contributed by atoms with Crippen LogP contribution in [0.1, 0.15) is 5.56 Å². The van der Waals surface area contributed by atoms with Crippen molar-refractivity contribution in [2.45, 2.75) is 11.8 Å². The van der Waals surface area contributed by atoms with Gasteiger partial charge in [-0.1, -0.05) is 48.5 Å². The van der Waals surface area contributed by atoms with Gasteiger partial charge >= 0.3 is 23.1 Å². The molecule has 0 atom stereocenters. The van der Waals surface area contributed by atoms with Gasteiger partial charge in [0.1, 0.15) is 0 Å². The van der Waals surface area contributed by atoms with Crippen LogP contribution in [0.15, 0.2) is 53.4 Å². The Morgan fingerprint density at radius 3 is 1.88 bits per heavy atom. The average Bonchev–Trinajstić information content (AvgIpc) is 2.20. The first-order valence-corrected chi connectivity index (χ1v) is 5.02. The quantitative estimate of drug-likeness (QED) is 0.535. The second-order valence-electron chi connectivity index (χ2n) is 3.31. The van der Waals surface area contributed by atoms with Gasteiger partial charge in [-0.15, -0.1) is 0 Å². The van der Waals surface area contributed by atoms with E-state index in [4.69, 9.17) is 12.6 Å². The van der Waals surface area contributed by atoms with E-state index in [9.17, 15) is 0 Å². The summed E-state index contributed by atoms with van der Waals surface area (Å²) in [5.41, 5.74) is 3.66. The Hall–Kier alpha value is -0.0938. The summed E-state index contributed by atoms with van der Waals surface area (Å²) in [4.78, 5) is 0.918. The summed E-state index contributed by atoms with van der Waals surface area (Å²) in [6.45, 7) is 2.11. The van der Waals surface area contributed by atoms with E-state index in [1.165, 1.54) is 11.1 Å². The molecule has 0 aliphatic carbocycles. The van der Waals surface area contributed by atoms with Crippen LogP contribution in [0.4, 0.5) is 0 Å². The minimum atomic E-state index is 0. The van der Waals surface area contributed by atoms with E-state index in [2.05, 4.69) is 25.1 Å². The van der Waals surface area contributed by atoms with Gasteiger partial charge in [-0.2, -0.15) is 4.90 Å². The molecule has 0 amide bonds. The van der Waals surface area contributed by atoms with Gasteiger partial charge in [-0.05, 0) is 23.6 Å². The van der Waals surface area contributed by atoms with Crippen LogP contribution in [0.2, 0.25) is 0 Å². The van der Waals surface area contributed by atoms with Crippen LogP contribution in [0, 0.1) is 6.92 Å². The van der Waals surface area contributed by atoms with Crippen molar-refractivity contribution in [3.8, 4) is 11.1 Å². The van der Waals surface area contributed by atoms with Gasteiger partial charge in [0.05, 0.1) is 0 Å². The van der Waals surface area contributed by atoms with Gasteiger partial charge in [0.15, 0.2) is 0 Å². The second kappa shape index (κ2) is 7.27. The molecule has 0 saturated heterocycles. The SMILES string of the molecule is Cc1ccccc1-c1ccccc1[S-].[Br-].[Mg+2]. The number of hydrogen-bond donors (Lipinski definition) is 0. The fourth-order valence-corrected chi connectivity index (χ4v) is 1.82. The number of aryl methyl sites for hydroxylation is 1. The molecule has 0 unspecified atom stereocenters. The van der Waals surface area contributed by atoms with E-state index in [1.807, 2.05) is 30.3 Å². The van der Waals surface area contributed by atoms with E-state index in [-0.39, 0.29) is 40.0 Å². The first kappa shape index (κ1) is 15.9. The number of hydrogen-bond acceptors (Lipinski definition) is 1. The molecule has 0 aromatic heterocycles. The van der Waals surface area contributed by atoms with Crippen LogP contribution in [0.5, 0.6) is 0 Å². The third kappa shape index (κ3) is 3.45. The maximum Gasteiger partial charge on any atom is 2.00 e. The molecule has 0 aliphatic rings. The molecule has 0 nitrogen and oxygen atoms in total. The minimum Gasteiger partial charge on any atom is -1.00 e. The van der Waals surface area contributed by atoms with Crippen LogP contribution in [-0.2, 0) is 12.6 Å². The Kier molecular flexibility index (Phi) is 7.23. The Labute approximate surface area is 129 Å². The Bertz CT molecular complexity index is 414. The summed E-state index contributed by atoms with van der Waals surface area (Å²) >= 11 is 5.29. The molecule has 0 spiro atoms. The third-order valence-corrected chi connectivity index (χ3v) is 2.68. The summed E-state index contributed by atoms with van der Waals surface area (Å²) < 4.78 is 0. The number of halogens is 1. The average molecular weight is 304 g/mol. The molecule has 3 heteroatoms. The molecule has 0 radical (unpaired) electrons. The Morgan fingerprint density at radius 1 is 0.812 bits per heavy atom. The standard InChI is InChI=1S/C13H12S.BrH.Mg/c1-10-6-2-3-7-11(10)12-8-4-5-9-13(12)14;;/h2-9,14H,1H3;1H;/q;;+2/p-2. The summed E-state index contributed by atoms with van der Waals surface area (Å²) in [6, 6.07) is 16.4. The van der Waals surface area contributed by atoms with E-state index < -0.39 is 0 Å². The van der Waals surface area contributed by atoms with Crippen LogP contribution in [0.3, 0.4) is 0 Å². The van der Waals surface area contributed by atoms with Crippen molar-refractivity contribution >= 4 is 35.7 Å². The molecule has 0 aliphatic heterocycles. The van der Waals surface area contributed by atoms with Gasteiger partial charge in [-0.25, -0.2) is 0 Å². The van der Waals surface area contributed by atoms with E-state index in [0.717, 1.165) is 10.5 Å². The zero-order valence-corrected chi connectivity index (χ0v) is 12.9. The van der Waals surface area contributed by atoms with Gasteiger partial charge in [0.2, 0.25) is 0 Å². The summed E-state index contributed by atoms with van der Waals surface area (Å²) in [5.74, 6) is 0. The van der Waals surface area contributed by atoms with Crippen LogP contribution in [-0.4, -0.2) is 23.1 Å². The van der Waals surface area contributed by atoms with Crippen molar-refractivity contribution in [1.82, 2.24) is 0 Å². The second-order valence-corrected chi connectivity index (χ2v) is 3.75. The van der Waals surface area contributed by atoms with Crippen molar-refractivity contribution in [1.29, 1.82) is 0 Å². The normalized spacial score (nSPS) is 8.81. The summed E-state index contributed by atoms with van der Waals surface area (Å²) in [5, 5.41) is 0. The van der Waals surface area contributed by atoms with Gasteiger partial charge in [0, 0.05) is 0 Å². The summed E-state index contributed by atoms with van der Waals surface area (Å²) in [7, 11) is 0. The van der Waals surface area contributed by atoms with Crippen LogP contribution < -0.4 is 17.0 Å². The van der Waals surface area contributed by atoms with Crippen LogP contribution >= 0.6 is 0 Å². The van der Waals surface area contributed by atoms with Gasteiger partial charge in [-0.3, -0.25) is 0 Å². The van der Waals surface area contributed by atoms with Crippen LogP contribution in [0.25, 0.3) is 11.1 Å². The molecule has 0 fully saturated rings. The Balaban J connectivity index is 0.00000112. The van der Waals surface area contributed by atoms with Crippen molar-refractivity contribution < 1.29 is 17.0 Å². The molecule has 16 heavy (non-hydrogen) atoms. The van der Waals surface area contributed by atoms with E-state index in [0.29, 0.717) is 0 Å². The molecular formula is C13H11BrMgS. The third-order valence-electron chi connectivity index (χ3n) is 2.32. The van der Waals surface area contributed by atoms with E-state index in [1.54, 1.807) is 0 Å². The molecule has 0 bridgehead atoms. The summed E-state index contributed by atoms with van der Waals surface area (Å²) in [6.07, 6.45) is 0. The van der Waals surface area contributed by atoms with Crippen molar-refractivity contribution in [3.63, 3.8) is 0 Å². The zero-order chi connectivity index (χ0) is 9.97. The van der Waals surface area contributed by atoms with E-state index >= 15 is 0 Å². The molecule has 2 rings (SSSR count). The molecule has 78 valence electrons. The molecular weight excluding hydrogens is 292 g/mol. The molecule has 0 heterocycles. The fourth-order valence-electron chi connectivity index (χ4n) is 1.56. The predicted molar refractivity (Wildman–Crippen MR) is 68.0 cm³/mol. The van der Waals surface area contributed by atoms with Gasteiger partial charge in [0.25, 0.3) is 0 Å². The zero-order valence-electron chi connectivity index (χ0n) is 9.11. The topological polar surface area (TPSA) is 0 Å². The largest absolute Gasteiger partial charge is 2.00 e. The predicted octanol–water partition coefficient (Wildman–Crippen LogP) is 0.191. The molecule has 2 aromatic rings. The fraction of sp³-hybridized carbons (Fsp3) is 0.0769. The number of rotatable bonds is 1. The Morgan fingerprint density at radius 2 is 1.31 bits per heavy atom. The first-order valence-electron chi connectivity index (χ1n) is 4.61. The van der Waals surface area contributed by atoms with Crippen molar-refractivity contribution in [2.24, 2.45) is 0 Å². The van der Waals surface area contributed by atoms with Crippen molar-refractivity contribution in [3.05, 3.63) is 54.1 Å². The monoisotopic (exact) mass is 302 g/mol. The minimum absolute atomic E-state index is 0. The molecule has 0 N–H and O–H groups in total. The van der Waals surface area contributed by atoms with Crippen molar-refractivity contribution in [2.75, 3.05) is 0 Å². The number of benzene rings is 2. The first-order chi connectivity index (χ1) is 6.79. The molecule has 2 aromatic carbocycles. The maximum atomic E-state index is 5.29. The molecule has 0 saturated carbocycles.